The topological polar surface area (TPSA) is 42.0 Å². The van der Waals surface area contributed by atoms with Crippen LogP contribution in [0.5, 0.6) is 0 Å². The van der Waals surface area contributed by atoms with Crippen LogP contribution in [0.25, 0.3) is 11.3 Å². The van der Waals surface area contributed by atoms with Gasteiger partial charge in [0.25, 0.3) is 0 Å². The second-order valence-corrected chi connectivity index (χ2v) is 4.11. The first kappa shape index (κ1) is 10.0. The number of para-hydroxylation sites is 1. The first-order valence-electron chi connectivity index (χ1n) is 5.66. The Morgan fingerprint density at radius 1 is 1.29 bits per heavy atom. The minimum atomic E-state index is 0.658. The van der Waals surface area contributed by atoms with E-state index >= 15 is 0 Å². The molecule has 3 rings (SSSR count). The lowest BCUT2D eigenvalue weighted by molar-refractivity contribution is 0.112. The van der Waals surface area contributed by atoms with E-state index in [9.17, 15) is 4.79 Å². The fourth-order valence-electron chi connectivity index (χ4n) is 2.22. The molecule has 0 saturated carbocycles. The zero-order valence-corrected chi connectivity index (χ0v) is 9.31. The highest BCUT2D eigenvalue weighted by Crippen LogP contribution is 2.33. The van der Waals surface area contributed by atoms with Crippen molar-refractivity contribution in [1.29, 1.82) is 0 Å². The number of nitrogens with one attached hydrogen (secondary N) is 1. The molecule has 0 atom stereocenters. The number of anilines is 1. The van der Waals surface area contributed by atoms with Crippen molar-refractivity contribution in [3.63, 3.8) is 0 Å². The van der Waals surface area contributed by atoms with Gasteiger partial charge in [0.1, 0.15) is 6.29 Å². The molecule has 0 spiro atoms. The molecule has 3 heteroatoms. The largest absolute Gasteiger partial charge is 0.384 e. The summed E-state index contributed by atoms with van der Waals surface area (Å²) in [6, 6.07) is 9.74. The van der Waals surface area contributed by atoms with Gasteiger partial charge in [-0.3, -0.25) is 9.78 Å². The van der Waals surface area contributed by atoms with Crippen molar-refractivity contribution in [3.05, 3.63) is 47.7 Å². The number of aromatic nitrogens is 1. The molecule has 0 radical (unpaired) electrons. The number of aldehydes is 1. The molecule has 2 heterocycles. The summed E-state index contributed by atoms with van der Waals surface area (Å²) in [6.07, 6.45) is 3.58. The summed E-state index contributed by atoms with van der Waals surface area (Å²) in [5.41, 5.74) is 5.05. The van der Waals surface area contributed by atoms with Crippen molar-refractivity contribution in [2.24, 2.45) is 0 Å². The van der Waals surface area contributed by atoms with Crippen LogP contribution in [-0.4, -0.2) is 17.8 Å². The Kier molecular flexibility index (Phi) is 2.37. The van der Waals surface area contributed by atoms with E-state index in [1.807, 2.05) is 18.2 Å². The van der Waals surface area contributed by atoms with Gasteiger partial charge >= 0.3 is 0 Å². The quantitative estimate of drug-likeness (QED) is 0.797. The molecule has 1 aliphatic heterocycles. The highest BCUT2D eigenvalue weighted by Gasteiger charge is 2.15. The molecule has 1 aliphatic rings. The molecule has 0 saturated heterocycles. The summed E-state index contributed by atoms with van der Waals surface area (Å²) in [4.78, 5) is 15.1. The van der Waals surface area contributed by atoms with Crippen molar-refractivity contribution in [2.45, 2.75) is 6.42 Å². The Morgan fingerprint density at radius 3 is 3.12 bits per heavy atom. The van der Waals surface area contributed by atoms with Gasteiger partial charge < -0.3 is 5.32 Å². The number of nitrogens with zero attached hydrogens (tertiary/aromatic N) is 1. The van der Waals surface area contributed by atoms with Crippen molar-refractivity contribution in [2.75, 3.05) is 11.9 Å². The third-order valence-corrected chi connectivity index (χ3v) is 3.04. The maximum Gasteiger partial charge on any atom is 0.150 e. The maximum atomic E-state index is 10.8. The van der Waals surface area contributed by atoms with Gasteiger partial charge in [0.05, 0.1) is 5.69 Å². The minimum Gasteiger partial charge on any atom is -0.384 e. The molecule has 0 unspecified atom stereocenters. The zero-order valence-electron chi connectivity index (χ0n) is 9.31. The van der Waals surface area contributed by atoms with Crippen LogP contribution in [0.15, 0.2) is 36.5 Å². The van der Waals surface area contributed by atoms with Gasteiger partial charge in [-0.2, -0.15) is 0 Å². The third-order valence-electron chi connectivity index (χ3n) is 3.04. The van der Waals surface area contributed by atoms with Crippen molar-refractivity contribution in [3.8, 4) is 11.3 Å². The summed E-state index contributed by atoms with van der Waals surface area (Å²) < 4.78 is 0. The average molecular weight is 224 g/mol. The van der Waals surface area contributed by atoms with Gasteiger partial charge in [-0.1, -0.05) is 18.2 Å². The Labute approximate surface area is 99.5 Å². The number of carbonyl (C=O) groups excluding carboxylic acids is 1. The second kappa shape index (κ2) is 4.01. The van der Waals surface area contributed by atoms with Gasteiger partial charge in [0, 0.05) is 29.6 Å². The smallest absolute Gasteiger partial charge is 0.150 e. The van der Waals surface area contributed by atoms with E-state index in [2.05, 4.69) is 16.4 Å². The molecule has 0 amide bonds. The molecule has 84 valence electrons. The predicted octanol–water partition coefficient (Wildman–Crippen LogP) is 2.53. The van der Waals surface area contributed by atoms with Crippen molar-refractivity contribution < 1.29 is 4.79 Å². The summed E-state index contributed by atoms with van der Waals surface area (Å²) in [7, 11) is 0. The van der Waals surface area contributed by atoms with Gasteiger partial charge in [0.2, 0.25) is 0 Å². The molecular formula is C14H12N2O. The van der Waals surface area contributed by atoms with E-state index < -0.39 is 0 Å². The van der Waals surface area contributed by atoms with E-state index in [4.69, 9.17) is 0 Å². The van der Waals surface area contributed by atoms with Crippen LogP contribution in [0.4, 0.5) is 5.69 Å². The summed E-state index contributed by atoms with van der Waals surface area (Å²) in [5.74, 6) is 0. The molecule has 17 heavy (non-hydrogen) atoms. The normalized spacial score (nSPS) is 12.9. The van der Waals surface area contributed by atoms with E-state index in [-0.39, 0.29) is 0 Å². The summed E-state index contributed by atoms with van der Waals surface area (Å²) in [6.45, 7) is 0.972. The van der Waals surface area contributed by atoms with Crippen LogP contribution in [0.1, 0.15) is 15.9 Å². The SMILES string of the molecule is O=Cc1ccnc(-c2cccc3c2NCC3)c1. The number of fused-ring (bicyclic) bond motifs is 1. The maximum absolute atomic E-state index is 10.8. The van der Waals surface area contributed by atoms with Crippen LogP contribution in [-0.2, 0) is 6.42 Å². The lowest BCUT2D eigenvalue weighted by Crippen LogP contribution is -1.94. The predicted molar refractivity (Wildman–Crippen MR) is 67.3 cm³/mol. The number of pyridine rings is 1. The minimum absolute atomic E-state index is 0.658. The number of benzene rings is 1. The van der Waals surface area contributed by atoms with E-state index in [0.29, 0.717) is 5.56 Å². The van der Waals surface area contributed by atoms with Crippen LogP contribution >= 0.6 is 0 Å². The molecule has 3 nitrogen and oxygen atoms in total. The van der Waals surface area contributed by atoms with Crippen molar-refractivity contribution in [1.82, 2.24) is 4.98 Å². The average Bonchev–Trinajstić information content (AvgIpc) is 2.87. The molecule has 1 aromatic carbocycles. The number of rotatable bonds is 2. The van der Waals surface area contributed by atoms with Crippen LogP contribution in [0.3, 0.4) is 0 Å². The van der Waals surface area contributed by atoms with Crippen LogP contribution < -0.4 is 5.32 Å². The fourth-order valence-corrected chi connectivity index (χ4v) is 2.22. The highest BCUT2D eigenvalue weighted by atomic mass is 16.1. The lowest BCUT2D eigenvalue weighted by Gasteiger charge is -2.08. The summed E-state index contributed by atoms with van der Waals surface area (Å²) >= 11 is 0. The van der Waals surface area contributed by atoms with Gasteiger partial charge in [0.15, 0.2) is 0 Å². The molecule has 0 aliphatic carbocycles. The number of carbonyl (C=O) groups is 1. The fraction of sp³-hybridized carbons (Fsp3) is 0.143. The summed E-state index contributed by atoms with van der Waals surface area (Å²) in [5, 5.41) is 3.38. The molecule has 1 N–H and O–H groups in total. The van der Waals surface area contributed by atoms with E-state index in [0.717, 1.165) is 36.2 Å². The molecule has 0 fully saturated rings. The Bertz CT molecular complexity index is 578. The Morgan fingerprint density at radius 2 is 2.24 bits per heavy atom. The van der Waals surface area contributed by atoms with E-state index in [1.54, 1.807) is 12.3 Å². The molecule has 0 bridgehead atoms. The highest BCUT2D eigenvalue weighted by molar-refractivity contribution is 5.83. The lowest BCUT2D eigenvalue weighted by atomic mass is 10.0. The number of hydrogen-bond donors (Lipinski definition) is 1. The van der Waals surface area contributed by atoms with Gasteiger partial charge in [-0.05, 0) is 24.1 Å². The monoisotopic (exact) mass is 224 g/mol. The first-order valence-corrected chi connectivity index (χ1v) is 5.66. The molecule has 2 aromatic rings. The molecule has 1 aromatic heterocycles. The molecular weight excluding hydrogens is 212 g/mol. The third kappa shape index (κ3) is 1.69. The zero-order chi connectivity index (χ0) is 11.7. The van der Waals surface area contributed by atoms with Crippen LogP contribution in [0, 0.1) is 0 Å². The first-order chi connectivity index (χ1) is 8.38. The van der Waals surface area contributed by atoms with Crippen molar-refractivity contribution >= 4 is 12.0 Å². The Balaban J connectivity index is 2.15. The van der Waals surface area contributed by atoms with Crippen LogP contribution in [0.2, 0.25) is 0 Å². The van der Waals surface area contributed by atoms with Gasteiger partial charge in [-0.25, -0.2) is 0 Å². The second-order valence-electron chi connectivity index (χ2n) is 4.11. The standard InChI is InChI=1S/C14H12N2O/c17-9-10-4-6-15-13(8-10)12-3-1-2-11-5-7-16-14(11)12/h1-4,6,8-9,16H,5,7H2. The van der Waals surface area contributed by atoms with E-state index in [1.165, 1.54) is 5.56 Å². The number of hydrogen-bond acceptors (Lipinski definition) is 3. The van der Waals surface area contributed by atoms with Gasteiger partial charge in [-0.15, -0.1) is 0 Å². The Hall–Kier alpha value is -2.16.